The molecule has 0 N–H and O–H groups in total. The summed E-state index contributed by atoms with van der Waals surface area (Å²) >= 11 is 6.26. The molecule has 0 aromatic heterocycles. The molecule has 1 saturated heterocycles. The highest BCUT2D eigenvalue weighted by Crippen LogP contribution is 2.34. The molecule has 1 atom stereocenters. The molecule has 0 radical (unpaired) electrons. The van der Waals surface area contributed by atoms with Gasteiger partial charge >= 0.3 is 0 Å². The van der Waals surface area contributed by atoms with Crippen LogP contribution in [0, 0.1) is 0 Å². The van der Waals surface area contributed by atoms with Crippen molar-refractivity contribution < 1.29 is 13.2 Å². The number of amides is 1. The third kappa shape index (κ3) is 5.00. The molecule has 0 aliphatic carbocycles. The van der Waals surface area contributed by atoms with Crippen molar-refractivity contribution in [3.05, 3.63) is 95.0 Å². The number of hydrogen-bond acceptors (Lipinski definition) is 3. The van der Waals surface area contributed by atoms with Crippen molar-refractivity contribution in [2.45, 2.75) is 18.1 Å². The Bertz CT molecular complexity index is 1160. The van der Waals surface area contributed by atoms with Crippen molar-refractivity contribution in [3.63, 3.8) is 0 Å². The first kappa shape index (κ1) is 21.6. The summed E-state index contributed by atoms with van der Waals surface area (Å²) in [6, 6.07) is 25.1. The zero-order valence-corrected chi connectivity index (χ0v) is 18.6. The molecule has 0 bridgehead atoms. The summed E-state index contributed by atoms with van der Waals surface area (Å²) in [6.07, 6.45) is 0.608. The van der Waals surface area contributed by atoms with E-state index >= 15 is 0 Å². The first-order chi connectivity index (χ1) is 14.9. The molecule has 3 aromatic carbocycles. The van der Waals surface area contributed by atoms with E-state index < -0.39 is 15.1 Å². The van der Waals surface area contributed by atoms with Gasteiger partial charge in [0, 0.05) is 18.1 Å². The van der Waals surface area contributed by atoms with E-state index in [0.717, 1.165) is 16.7 Å². The van der Waals surface area contributed by atoms with Crippen molar-refractivity contribution in [1.29, 1.82) is 0 Å². The van der Waals surface area contributed by atoms with E-state index in [0.29, 0.717) is 23.6 Å². The second-order valence-corrected chi connectivity index (χ2v) is 10.5. The maximum Gasteiger partial charge on any atom is 0.227 e. The third-order valence-corrected chi connectivity index (χ3v) is 8.21. The highest BCUT2D eigenvalue weighted by Gasteiger charge is 2.33. The Balaban J connectivity index is 1.44. The van der Waals surface area contributed by atoms with E-state index in [1.54, 1.807) is 29.2 Å². The van der Waals surface area contributed by atoms with Crippen LogP contribution in [0.25, 0.3) is 11.1 Å². The van der Waals surface area contributed by atoms with Gasteiger partial charge in [0.25, 0.3) is 0 Å². The summed E-state index contributed by atoms with van der Waals surface area (Å²) in [7, 11) is -3.39. The fourth-order valence-corrected chi connectivity index (χ4v) is 6.16. The normalized spacial score (nSPS) is 18.4. The molecular weight excluding hydrogens is 430 g/mol. The zero-order chi connectivity index (χ0) is 21.8. The lowest BCUT2D eigenvalue weighted by atomic mass is 10.0. The molecule has 0 saturated carbocycles. The largest absolute Gasteiger partial charge is 0.341 e. The number of benzene rings is 3. The minimum absolute atomic E-state index is 0.0533. The van der Waals surface area contributed by atoms with Crippen LogP contribution in [0.1, 0.15) is 22.8 Å². The monoisotopic (exact) mass is 453 g/mol. The number of carbonyl (C=O) groups excluding carboxylic acids is 1. The van der Waals surface area contributed by atoms with Crippen LogP contribution in [0.2, 0.25) is 5.02 Å². The van der Waals surface area contributed by atoms with Crippen LogP contribution < -0.4 is 0 Å². The Morgan fingerprint density at radius 1 is 0.871 bits per heavy atom. The summed E-state index contributed by atoms with van der Waals surface area (Å²) < 4.78 is 25.7. The van der Waals surface area contributed by atoms with Gasteiger partial charge in [-0.15, -0.1) is 0 Å². The number of hydrogen-bond donors (Lipinski definition) is 0. The lowest BCUT2D eigenvalue weighted by Crippen LogP contribution is -2.34. The van der Waals surface area contributed by atoms with Gasteiger partial charge in [-0.05, 0) is 34.7 Å². The highest BCUT2D eigenvalue weighted by atomic mass is 35.5. The maximum absolute atomic E-state index is 12.9. The minimum atomic E-state index is -3.39. The lowest BCUT2D eigenvalue weighted by Gasteiger charge is -2.20. The maximum atomic E-state index is 12.9. The van der Waals surface area contributed by atoms with Gasteiger partial charge in [0.2, 0.25) is 5.91 Å². The summed E-state index contributed by atoms with van der Waals surface area (Å²) in [6.45, 7) is 0.611. The van der Waals surface area contributed by atoms with E-state index in [1.165, 1.54) is 0 Å². The third-order valence-electron chi connectivity index (χ3n) is 5.76. The van der Waals surface area contributed by atoms with Gasteiger partial charge < -0.3 is 4.90 Å². The predicted molar refractivity (Wildman–Crippen MR) is 125 cm³/mol. The Kier molecular flexibility index (Phi) is 6.44. The minimum Gasteiger partial charge on any atom is -0.341 e. The van der Waals surface area contributed by atoms with E-state index in [2.05, 4.69) is 0 Å². The van der Waals surface area contributed by atoms with Crippen molar-refractivity contribution >= 4 is 27.3 Å². The summed E-state index contributed by atoms with van der Waals surface area (Å²) in [5, 5.41) is -0.224. The Labute approximate surface area is 188 Å². The van der Waals surface area contributed by atoms with Crippen molar-refractivity contribution in [3.8, 4) is 11.1 Å². The fraction of sp³-hybridized carbons (Fsp3) is 0.240. The van der Waals surface area contributed by atoms with Gasteiger partial charge in [0.15, 0.2) is 9.84 Å². The molecule has 4 rings (SSSR count). The second-order valence-electron chi connectivity index (χ2n) is 7.79. The van der Waals surface area contributed by atoms with Gasteiger partial charge in [-0.25, -0.2) is 8.42 Å². The molecule has 1 fully saturated rings. The molecule has 1 amide bonds. The van der Waals surface area contributed by atoms with Crippen LogP contribution in [0.15, 0.2) is 78.9 Å². The smallest absolute Gasteiger partial charge is 0.227 e. The number of rotatable bonds is 4. The molecule has 6 heteroatoms. The van der Waals surface area contributed by atoms with E-state index in [4.69, 9.17) is 11.6 Å². The molecule has 1 heterocycles. The van der Waals surface area contributed by atoms with Crippen LogP contribution in [0.5, 0.6) is 0 Å². The first-order valence-electron chi connectivity index (χ1n) is 10.3. The average molecular weight is 454 g/mol. The second kappa shape index (κ2) is 9.25. The Morgan fingerprint density at radius 3 is 2.23 bits per heavy atom. The number of nitrogens with zero attached hydrogens (tertiary/aromatic N) is 1. The number of carbonyl (C=O) groups is 1. The van der Waals surface area contributed by atoms with Gasteiger partial charge in [0.1, 0.15) is 0 Å². The van der Waals surface area contributed by atoms with Crippen molar-refractivity contribution in [2.75, 3.05) is 18.8 Å². The molecule has 1 unspecified atom stereocenters. The zero-order valence-electron chi connectivity index (χ0n) is 17.1. The predicted octanol–water partition coefficient (Wildman–Crippen LogP) is 4.94. The van der Waals surface area contributed by atoms with Gasteiger partial charge in [0.05, 0.1) is 17.4 Å². The van der Waals surface area contributed by atoms with E-state index in [1.807, 2.05) is 54.6 Å². The molecule has 1 aliphatic rings. The number of sulfone groups is 1. The molecular formula is C25H24ClNO3S. The molecule has 160 valence electrons. The lowest BCUT2D eigenvalue weighted by molar-refractivity contribution is -0.130. The van der Waals surface area contributed by atoms with Crippen LogP contribution >= 0.6 is 11.6 Å². The van der Waals surface area contributed by atoms with Gasteiger partial charge in [-0.1, -0.05) is 84.4 Å². The van der Waals surface area contributed by atoms with Gasteiger partial charge in [-0.3, -0.25) is 4.79 Å². The Morgan fingerprint density at radius 2 is 1.52 bits per heavy atom. The standard InChI is InChI=1S/C25H24ClNO3S/c26-23-9-5-4-8-22(23)24-14-15-27(16-17-31(24,29)30)25(28)18-19-10-12-21(13-11-19)20-6-2-1-3-7-20/h1-13,24H,14-18H2. The molecule has 0 spiro atoms. The van der Waals surface area contributed by atoms with Gasteiger partial charge in [-0.2, -0.15) is 0 Å². The van der Waals surface area contributed by atoms with Crippen LogP contribution in [0.4, 0.5) is 0 Å². The number of halogens is 1. The topological polar surface area (TPSA) is 54.5 Å². The van der Waals surface area contributed by atoms with Crippen molar-refractivity contribution in [1.82, 2.24) is 4.90 Å². The molecule has 4 nitrogen and oxygen atoms in total. The molecule has 31 heavy (non-hydrogen) atoms. The van der Waals surface area contributed by atoms with Crippen LogP contribution in [-0.4, -0.2) is 38.1 Å². The quantitative estimate of drug-likeness (QED) is 0.562. The SMILES string of the molecule is O=C(Cc1ccc(-c2ccccc2)cc1)N1CCC(c2ccccc2Cl)S(=O)(=O)CC1. The fourth-order valence-electron chi connectivity index (χ4n) is 4.01. The van der Waals surface area contributed by atoms with E-state index in [-0.39, 0.29) is 24.6 Å². The Hall–Kier alpha value is -2.63. The summed E-state index contributed by atoms with van der Waals surface area (Å²) in [4.78, 5) is 14.6. The highest BCUT2D eigenvalue weighted by molar-refractivity contribution is 7.91. The van der Waals surface area contributed by atoms with Crippen molar-refractivity contribution in [2.24, 2.45) is 0 Å². The first-order valence-corrected chi connectivity index (χ1v) is 12.4. The summed E-state index contributed by atoms with van der Waals surface area (Å²) in [5.41, 5.74) is 3.76. The van der Waals surface area contributed by atoms with Crippen LogP contribution in [-0.2, 0) is 21.1 Å². The average Bonchev–Trinajstić information content (AvgIpc) is 2.93. The summed E-state index contributed by atoms with van der Waals surface area (Å²) in [5.74, 6) is -0.107. The molecule has 1 aliphatic heterocycles. The van der Waals surface area contributed by atoms with E-state index in [9.17, 15) is 13.2 Å². The van der Waals surface area contributed by atoms with Crippen LogP contribution in [0.3, 0.4) is 0 Å². The molecule has 3 aromatic rings.